The number of nitrogens with two attached hydrogens (primary N) is 2. The molecule has 11 heavy (non-hydrogen) atoms. The second kappa shape index (κ2) is 4.38. The molecule has 4 nitrogen and oxygen atoms in total. The Hall–Kier alpha value is -0.520. The standard InChI is InChI=1S/C6H12N2O2S/c1-3(9)4(5(7)10)6(8)11-2/h5,10H,7-8H2,1-2H3/b6-4+/t5-/m1/s1. The summed E-state index contributed by atoms with van der Waals surface area (Å²) in [6, 6.07) is 0. The summed E-state index contributed by atoms with van der Waals surface area (Å²) in [5.41, 5.74) is 10.6. The van der Waals surface area contributed by atoms with Crippen molar-refractivity contribution in [2.45, 2.75) is 13.2 Å². The Kier molecular flexibility index (Phi) is 4.17. The van der Waals surface area contributed by atoms with Crippen molar-refractivity contribution in [3.8, 4) is 0 Å². The molecule has 5 N–H and O–H groups in total. The Balaban J connectivity index is 4.73. The van der Waals surface area contributed by atoms with Crippen LogP contribution in [0, 0.1) is 0 Å². The first-order valence-corrected chi connectivity index (χ1v) is 4.21. The Morgan fingerprint density at radius 1 is 1.64 bits per heavy atom. The fourth-order valence-corrected chi connectivity index (χ4v) is 1.12. The molecular weight excluding hydrogens is 164 g/mol. The molecule has 1 atom stereocenters. The minimum absolute atomic E-state index is 0.0810. The lowest BCUT2D eigenvalue weighted by Gasteiger charge is -2.09. The molecular formula is C6H12N2O2S. The van der Waals surface area contributed by atoms with Crippen LogP contribution in [0.25, 0.3) is 0 Å². The van der Waals surface area contributed by atoms with Gasteiger partial charge < -0.3 is 16.6 Å². The quantitative estimate of drug-likeness (QED) is 0.394. The summed E-state index contributed by atoms with van der Waals surface area (Å²) < 4.78 is 0. The molecule has 0 bridgehead atoms. The van der Waals surface area contributed by atoms with Crippen LogP contribution in [-0.4, -0.2) is 23.4 Å². The lowest BCUT2D eigenvalue weighted by Crippen LogP contribution is -2.28. The largest absolute Gasteiger partial charge is 0.393 e. The molecule has 0 aliphatic rings. The van der Waals surface area contributed by atoms with E-state index in [0.717, 1.165) is 0 Å². The van der Waals surface area contributed by atoms with E-state index in [1.165, 1.54) is 18.7 Å². The predicted molar refractivity (Wildman–Crippen MR) is 45.6 cm³/mol. The van der Waals surface area contributed by atoms with Gasteiger partial charge in [-0.15, -0.1) is 11.8 Å². The number of carbonyl (C=O) groups excluding carboxylic acids is 1. The first-order valence-electron chi connectivity index (χ1n) is 2.99. The van der Waals surface area contributed by atoms with Crippen molar-refractivity contribution in [1.29, 1.82) is 0 Å². The van der Waals surface area contributed by atoms with E-state index in [2.05, 4.69) is 0 Å². The average molecular weight is 176 g/mol. The van der Waals surface area contributed by atoms with Crippen LogP contribution in [0.3, 0.4) is 0 Å². The third-order valence-corrected chi connectivity index (χ3v) is 1.82. The SMILES string of the molecule is CS/C(N)=C(\C(C)=O)[C@H](N)O. The zero-order valence-electron chi connectivity index (χ0n) is 6.50. The van der Waals surface area contributed by atoms with Gasteiger partial charge in [0.1, 0.15) is 6.23 Å². The number of aliphatic hydroxyl groups excluding tert-OH is 1. The van der Waals surface area contributed by atoms with Crippen molar-refractivity contribution in [2.24, 2.45) is 11.5 Å². The fraction of sp³-hybridized carbons (Fsp3) is 0.500. The number of thioether (sulfide) groups is 1. The second-order valence-electron chi connectivity index (χ2n) is 1.98. The Morgan fingerprint density at radius 2 is 2.09 bits per heavy atom. The summed E-state index contributed by atoms with van der Waals surface area (Å²) in [7, 11) is 0. The maximum absolute atomic E-state index is 10.8. The highest BCUT2D eigenvalue weighted by Crippen LogP contribution is 2.12. The monoisotopic (exact) mass is 176 g/mol. The van der Waals surface area contributed by atoms with Crippen LogP contribution < -0.4 is 11.5 Å². The number of rotatable bonds is 3. The first kappa shape index (κ1) is 10.5. The normalized spacial score (nSPS) is 15.6. The topological polar surface area (TPSA) is 89.3 Å². The summed E-state index contributed by atoms with van der Waals surface area (Å²) in [4.78, 5) is 10.8. The molecule has 0 heterocycles. The maximum Gasteiger partial charge on any atom is 0.162 e. The molecule has 0 aromatic heterocycles. The van der Waals surface area contributed by atoms with Crippen LogP contribution in [-0.2, 0) is 4.79 Å². The van der Waals surface area contributed by atoms with Crippen molar-refractivity contribution < 1.29 is 9.90 Å². The predicted octanol–water partition coefficient (Wildman–Crippen LogP) is -0.614. The molecule has 0 aromatic carbocycles. The van der Waals surface area contributed by atoms with E-state index in [1.807, 2.05) is 0 Å². The highest BCUT2D eigenvalue weighted by atomic mass is 32.2. The molecule has 0 spiro atoms. The van der Waals surface area contributed by atoms with E-state index in [9.17, 15) is 4.79 Å². The maximum atomic E-state index is 10.8. The fourth-order valence-electron chi connectivity index (χ4n) is 0.637. The molecule has 0 aromatic rings. The van der Waals surface area contributed by atoms with Crippen molar-refractivity contribution in [2.75, 3.05) is 6.26 Å². The van der Waals surface area contributed by atoms with Crippen LogP contribution in [0.2, 0.25) is 0 Å². The van der Waals surface area contributed by atoms with Gasteiger partial charge in [-0.25, -0.2) is 0 Å². The summed E-state index contributed by atoms with van der Waals surface area (Å²) in [5, 5.41) is 9.16. The van der Waals surface area contributed by atoms with Gasteiger partial charge >= 0.3 is 0 Å². The summed E-state index contributed by atoms with van der Waals surface area (Å²) in [6.07, 6.45) is 0.431. The average Bonchev–Trinajstić information content (AvgIpc) is 1.85. The zero-order valence-corrected chi connectivity index (χ0v) is 7.31. The highest BCUT2D eigenvalue weighted by molar-refractivity contribution is 8.02. The van der Waals surface area contributed by atoms with Crippen LogP contribution in [0.5, 0.6) is 0 Å². The molecule has 64 valence electrons. The third-order valence-electron chi connectivity index (χ3n) is 1.16. The molecule has 0 saturated carbocycles. The van der Waals surface area contributed by atoms with Gasteiger partial charge in [-0.3, -0.25) is 4.79 Å². The van der Waals surface area contributed by atoms with Crippen molar-refractivity contribution in [3.05, 3.63) is 10.6 Å². The van der Waals surface area contributed by atoms with Crippen molar-refractivity contribution >= 4 is 17.5 Å². The van der Waals surface area contributed by atoms with E-state index in [0.29, 0.717) is 0 Å². The van der Waals surface area contributed by atoms with Gasteiger partial charge in [0.05, 0.1) is 10.6 Å². The van der Waals surface area contributed by atoms with Gasteiger partial charge in [0, 0.05) is 0 Å². The lowest BCUT2D eigenvalue weighted by molar-refractivity contribution is -0.114. The second-order valence-corrected chi connectivity index (χ2v) is 2.83. The number of ketones is 1. The summed E-state index contributed by atoms with van der Waals surface area (Å²) >= 11 is 1.19. The molecule has 0 unspecified atom stereocenters. The Labute approximate surface area is 69.6 Å². The number of carbonyl (C=O) groups is 1. The van der Waals surface area contributed by atoms with Crippen LogP contribution in [0.1, 0.15) is 6.92 Å². The van der Waals surface area contributed by atoms with Gasteiger partial charge in [-0.05, 0) is 13.2 Å². The molecule has 0 saturated heterocycles. The molecule has 0 aliphatic carbocycles. The van der Waals surface area contributed by atoms with Crippen molar-refractivity contribution in [1.82, 2.24) is 0 Å². The van der Waals surface area contributed by atoms with E-state index in [4.69, 9.17) is 16.6 Å². The molecule has 0 radical (unpaired) electrons. The van der Waals surface area contributed by atoms with E-state index < -0.39 is 6.23 Å². The number of Topliss-reactive ketones (excluding diaryl/α,β-unsaturated/α-hetero) is 1. The Morgan fingerprint density at radius 3 is 2.18 bits per heavy atom. The van der Waals surface area contributed by atoms with E-state index >= 15 is 0 Å². The Bertz CT molecular complexity index is 189. The van der Waals surface area contributed by atoms with E-state index in [-0.39, 0.29) is 16.4 Å². The van der Waals surface area contributed by atoms with Gasteiger partial charge in [-0.2, -0.15) is 0 Å². The highest BCUT2D eigenvalue weighted by Gasteiger charge is 2.14. The molecule has 0 amide bonds. The van der Waals surface area contributed by atoms with Gasteiger partial charge in [0.15, 0.2) is 5.78 Å². The summed E-state index contributed by atoms with van der Waals surface area (Å²) in [5.74, 6) is -0.299. The van der Waals surface area contributed by atoms with Gasteiger partial charge in [0.25, 0.3) is 0 Å². The zero-order chi connectivity index (χ0) is 9.02. The number of hydrogen-bond donors (Lipinski definition) is 3. The van der Waals surface area contributed by atoms with Gasteiger partial charge in [-0.1, -0.05) is 0 Å². The van der Waals surface area contributed by atoms with Crippen LogP contribution >= 0.6 is 11.8 Å². The minimum atomic E-state index is -1.28. The van der Waals surface area contributed by atoms with Gasteiger partial charge in [0.2, 0.25) is 0 Å². The third kappa shape index (κ3) is 2.92. The molecule has 0 rings (SSSR count). The van der Waals surface area contributed by atoms with Crippen LogP contribution in [0.4, 0.5) is 0 Å². The summed E-state index contributed by atoms with van der Waals surface area (Å²) in [6.45, 7) is 1.31. The minimum Gasteiger partial charge on any atom is -0.393 e. The van der Waals surface area contributed by atoms with E-state index in [1.54, 1.807) is 6.26 Å². The molecule has 5 heteroatoms. The first-order chi connectivity index (χ1) is 5.00. The number of hydrogen-bond acceptors (Lipinski definition) is 5. The van der Waals surface area contributed by atoms with Crippen LogP contribution in [0.15, 0.2) is 10.6 Å². The smallest absolute Gasteiger partial charge is 0.162 e. The lowest BCUT2D eigenvalue weighted by atomic mass is 10.2. The number of aliphatic hydroxyl groups is 1. The molecule has 0 aliphatic heterocycles. The van der Waals surface area contributed by atoms with Crippen molar-refractivity contribution in [3.63, 3.8) is 0 Å². The molecule has 0 fully saturated rings.